The van der Waals surface area contributed by atoms with Gasteiger partial charge in [-0.3, -0.25) is 4.98 Å². The number of hydrogen-bond donors (Lipinski definition) is 1. The molecule has 0 saturated carbocycles. The molecule has 2 N–H and O–H groups in total. The van der Waals surface area contributed by atoms with Crippen molar-refractivity contribution in [1.82, 2.24) is 4.98 Å². The van der Waals surface area contributed by atoms with Crippen LogP contribution < -0.4 is 10.5 Å². The van der Waals surface area contributed by atoms with Gasteiger partial charge in [0.2, 0.25) is 0 Å². The summed E-state index contributed by atoms with van der Waals surface area (Å²) in [5, 5.41) is 0.253. The average molecular weight is 267 g/mol. The highest BCUT2D eigenvalue weighted by molar-refractivity contribution is 6.32. The van der Waals surface area contributed by atoms with Gasteiger partial charge in [0.05, 0.1) is 10.7 Å². The zero-order valence-corrected chi connectivity index (χ0v) is 10.3. The lowest BCUT2D eigenvalue weighted by molar-refractivity contribution is 0.305. The number of rotatable bonds is 4. The highest BCUT2D eigenvalue weighted by atomic mass is 35.5. The molecule has 1 aromatic heterocycles. The summed E-state index contributed by atoms with van der Waals surface area (Å²) in [6.45, 7) is 0.714. The number of pyridine rings is 1. The minimum absolute atomic E-state index is 0.253. The zero-order valence-electron chi connectivity index (χ0n) is 9.57. The smallest absolute Gasteiger partial charge is 0.138 e. The van der Waals surface area contributed by atoms with Gasteiger partial charge < -0.3 is 10.5 Å². The van der Waals surface area contributed by atoms with E-state index in [-0.39, 0.29) is 10.8 Å². The Morgan fingerprint density at radius 1 is 1.28 bits per heavy atom. The molecule has 0 aliphatic heterocycles. The predicted octanol–water partition coefficient (Wildman–Crippen LogP) is 2.91. The Balaban J connectivity index is 2.06. The van der Waals surface area contributed by atoms with Crippen molar-refractivity contribution in [2.75, 3.05) is 0 Å². The van der Waals surface area contributed by atoms with Crippen LogP contribution in [0.2, 0.25) is 5.02 Å². The van der Waals surface area contributed by atoms with Crippen LogP contribution in [0.4, 0.5) is 4.39 Å². The predicted molar refractivity (Wildman–Crippen MR) is 67.9 cm³/mol. The molecule has 0 spiro atoms. The number of ether oxygens (including phenoxy) is 1. The van der Waals surface area contributed by atoms with Gasteiger partial charge in [-0.05, 0) is 35.9 Å². The quantitative estimate of drug-likeness (QED) is 0.926. The van der Waals surface area contributed by atoms with Crippen molar-refractivity contribution in [3.63, 3.8) is 0 Å². The summed E-state index contributed by atoms with van der Waals surface area (Å²) in [5.74, 6) is 0.0610. The maximum absolute atomic E-state index is 12.8. The summed E-state index contributed by atoms with van der Waals surface area (Å²) in [5.41, 5.74) is 7.23. The molecular formula is C13H12ClFN2O. The third kappa shape index (κ3) is 3.18. The lowest BCUT2D eigenvalue weighted by atomic mass is 10.2. The van der Waals surface area contributed by atoms with E-state index in [9.17, 15) is 4.39 Å². The molecule has 0 unspecified atom stereocenters. The largest absolute Gasteiger partial charge is 0.487 e. The number of halogens is 2. The van der Waals surface area contributed by atoms with Crippen molar-refractivity contribution >= 4 is 11.6 Å². The van der Waals surface area contributed by atoms with Crippen molar-refractivity contribution < 1.29 is 9.13 Å². The average Bonchev–Trinajstić information content (AvgIpc) is 2.38. The topological polar surface area (TPSA) is 48.1 Å². The summed E-state index contributed by atoms with van der Waals surface area (Å²) in [6, 6.07) is 7.71. The first kappa shape index (κ1) is 12.8. The van der Waals surface area contributed by atoms with Crippen LogP contribution in [-0.2, 0) is 13.2 Å². The van der Waals surface area contributed by atoms with Gasteiger partial charge in [0.1, 0.15) is 18.2 Å². The summed E-state index contributed by atoms with van der Waals surface area (Å²) in [7, 11) is 0. The normalized spacial score (nSPS) is 10.4. The van der Waals surface area contributed by atoms with Gasteiger partial charge in [-0.15, -0.1) is 0 Å². The van der Waals surface area contributed by atoms with Gasteiger partial charge in [0.15, 0.2) is 0 Å². The summed E-state index contributed by atoms with van der Waals surface area (Å²) in [4.78, 5) is 4.09. The fraction of sp³-hybridized carbons (Fsp3) is 0.154. The van der Waals surface area contributed by atoms with E-state index in [1.807, 2.05) is 12.1 Å². The minimum Gasteiger partial charge on any atom is -0.487 e. The summed E-state index contributed by atoms with van der Waals surface area (Å²) >= 11 is 5.86. The number of nitrogens with zero attached hydrogens (tertiary/aromatic N) is 1. The lowest BCUT2D eigenvalue weighted by Crippen LogP contribution is -2.02. The Morgan fingerprint density at radius 2 is 2.11 bits per heavy atom. The number of hydrogen-bond acceptors (Lipinski definition) is 3. The van der Waals surface area contributed by atoms with Crippen LogP contribution in [0.5, 0.6) is 5.75 Å². The molecule has 1 aromatic carbocycles. The highest BCUT2D eigenvalue weighted by Crippen LogP contribution is 2.25. The van der Waals surface area contributed by atoms with E-state index < -0.39 is 0 Å². The van der Waals surface area contributed by atoms with Crippen LogP contribution in [0.25, 0.3) is 0 Å². The lowest BCUT2D eigenvalue weighted by Gasteiger charge is -2.08. The number of nitrogens with two attached hydrogens (primary N) is 1. The summed E-state index contributed by atoms with van der Waals surface area (Å²) in [6.07, 6.45) is 1.67. The number of aromatic nitrogens is 1. The van der Waals surface area contributed by atoms with Crippen LogP contribution in [0.3, 0.4) is 0 Å². The monoisotopic (exact) mass is 266 g/mol. The third-order valence-corrected chi connectivity index (χ3v) is 2.67. The maximum Gasteiger partial charge on any atom is 0.138 e. The van der Waals surface area contributed by atoms with Gasteiger partial charge in [-0.25, -0.2) is 4.39 Å². The van der Waals surface area contributed by atoms with E-state index in [1.165, 1.54) is 18.2 Å². The minimum atomic E-state index is -0.387. The molecule has 2 aromatic rings. The van der Waals surface area contributed by atoms with E-state index in [0.29, 0.717) is 18.9 Å². The van der Waals surface area contributed by atoms with E-state index in [4.69, 9.17) is 22.1 Å². The van der Waals surface area contributed by atoms with Gasteiger partial charge in [-0.1, -0.05) is 11.6 Å². The maximum atomic E-state index is 12.8. The molecule has 2 rings (SSSR count). The molecular weight excluding hydrogens is 255 g/mol. The molecule has 3 nitrogen and oxygen atoms in total. The molecule has 0 radical (unpaired) electrons. The van der Waals surface area contributed by atoms with Gasteiger partial charge in [0, 0.05) is 12.7 Å². The van der Waals surface area contributed by atoms with Crippen molar-refractivity contribution in [2.45, 2.75) is 13.2 Å². The van der Waals surface area contributed by atoms with E-state index in [1.54, 1.807) is 6.20 Å². The van der Waals surface area contributed by atoms with Crippen molar-refractivity contribution in [3.05, 3.63) is 58.6 Å². The first-order chi connectivity index (χ1) is 8.69. The Bertz CT molecular complexity index is 548. The molecule has 0 aliphatic carbocycles. The van der Waals surface area contributed by atoms with E-state index in [0.717, 1.165) is 11.3 Å². The van der Waals surface area contributed by atoms with Crippen LogP contribution >= 0.6 is 11.6 Å². The SMILES string of the molecule is NCc1cc(COc2ccc(F)cc2Cl)ccn1. The van der Waals surface area contributed by atoms with Gasteiger partial charge >= 0.3 is 0 Å². The molecule has 0 atom stereocenters. The Morgan fingerprint density at radius 3 is 2.83 bits per heavy atom. The molecule has 18 heavy (non-hydrogen) atoms. The molecule has 0 fully saturated rings. The first-order valence-electron chi connectivity index (χ1n) is 5.41. The third-order valence-electron chi connectivity index (χ3n) is 2.38. The molecule has 0 aliphatic rings. The second-order valence-electron chi connectivity index (χ2n) is 3.72. The van der Waals surface area contributed by atoms with E-state index in [2.05, 4.69) is 4.98 Å². The second kappa shape index (κ2) is 5.80. The molecule has 0 amide bonds. The van der Waals surface area contributed by atoms with Crippen LogP contribution in [0, 0.1) is 5.82 Å². The van der Waals surface area contributed by atoms with Gasteiger partial charge in [0.25, 0.3) is 0 Å². The fourth-order valence-corrected chi connectivity index (χ4v) is 1.70. The first-order valence-corrected chi connectivity index (χ1v) is 5.78. The molecule has 0 saturated heterocycles. The van der Waals surface area contributed by atoms with Gasteiger partial charge in [-0.2, -0.15) is 0 Å². The second-order valence-corrected chi connectivity index (χ2v) is 4.13. The molecule has 5 heteroatoms. The van der Waals surface area contributed by atoms with Crippen LogP contribution in [-0.4, -0.2) is 4.98 Å². The van der Waals surface area contributed by atoms with Crippen molar-refractivity contribution in [2.24, 2.45) is 5.73 Å². The van der Waals surface area contributed by atoms with E-state index >= 15 is 0 Å². The van der Waals surface area contributed by atoms with Crippen LogP contribution in [0.1, 0.15) is 11.3 Å². The van der Waals surface area contributed by atoms with Crippen LogP contribution in [0.15, 0.2) is 36.5 Å². The number of benzene rings is 1. The van der Waals surface area contributed by atoms with Crippen molar-refractivity contribution in [3.8, 4) is 5.75 Å². The Hall–Kier alpha value is -1.65. The standard InChI is InChI=1S/C13H12ClFN2O/c14-12-6-10(15)1-2-13(12)18-8-9-3-4-17-11(5-9)7-16/h1-6H,7-8,16H2. The highest BCUT2D eigenvalue weighted by Gasteiger charge is 2.04. The molecule has 94 valence electrons. The molecule has 1 heterocycles. The summed E-state index contributed by atoms with van der Waals surface area (Å²) < 4.78 is 18.4. The van der Waals surface area contributed by atoms with Crippen molar-refractivity contribution in [1.29, 1.82) is 0 Å². The fourth-order valence-electron chi connectivity index (χ4n) is 1.48. The Labute approximate surface area is 109 Å². The molecule has 0 bridgehead atoms. The zero-order chi connectivity index (χ0) is 13.0. The Kier molecular flexibility index (Phi) is 4.12.